The van der Waals surface area contributed by atoms with E-state index < -0.39 is 17.2 Å². The summed E-state index contributed by atoms with van der Waals surface area (Å²) in [6.07, 6.45) is 2.24. The lowest BCUT2D eigenvalue weighted by molar-refractivity contribution is 0.0394. The van der Waals surface area contributed by atoms with Crippen LogP contribution in [0.4, 0.5) is 8.78 Å². The lowest BCUT2D eigenvalue weighted by Gasteiger charge is -2.30. The van der Waals surface area contributed by atoms with E-state index in [0.29, 0.717) is 24.0 Å². The Morgan fingerprint density at radius 2 is 2.00 bits per heavy atom. The van der Waals surface area contributed by atoms with E-state index in [1.165, 1.54) is 0 Å². The molecule has 2 N–H and O–H groups in total. The average Bonchev–Trinajstić information content (AvgIpc) is 2.76. The van der Waals surface area contributed by atoms with Crippen LogP contribution in [0.2, 0.25) is 0 Å². The molecule has 0 aliphatic carbocycles. The highest BCUT2D eigenvalue weighted by molar-refractivity contribution is 5.85. The Kier molecular flexibility index (Phi) is 3.60. The van der Waals surface area contributed by atoms with Crippen molar-refractivity contribution in [2.24, 2.45) is 0 Å². The van der Waals surface area contributed by atoms with E-state index >= 15 is 0 Å². The van der Waals surface area contributed by atoms with Gasteiger partial charge in [0.15, 0.2) is 11.6 Å². The highest BCUT2D eigenvalue weighted by Crippen LogP contribution is 2.38. The SMILES string of the molecule is CC1(O)CCn2ccc3c(F)c(F)cc1c32.CNC. The van der Waals surface area contributed by atoms with Gasteiger partial charge in [0.05, 0.1) is 11.1 Å². The van der Waals surface area contributed by atoms with Gasteiger partial charge in [-0.2, -0.15) is 0 Å². The number of aryl methyl sites for hydroxylation is 1. The molecule has 19 heavy (non-hydrogen) atoms. The summed E-state index contributed by atoms with van der Waals surface area (Å²) >= 11 is 0. The Morgan fingerprint density at radius 1 is 1.37 bits per heavy atom. The first-order chi connectivity index (χ1) is 8.92. The average molecular weight is 268 g/mol. The minimum atomic E-state index is -1.08. The molecule has 1 aliphatic heterocycles. The molecule has 0 fully saturated rings. The fraction of sp³-hybridized carbons (Fsp3) is 0.429. The van der Waals surface area contributed by atoms with Crippen molar-refractivity contribution in [3.63, 3.8) is 0 Å². The van der Waals surface area contributed by atoms with Crippen LogP contribution in [0.3, 0.4) is 0 Å². The predicted molar refractivity (Wildman–Crippen MR) is 71.0 cm³/mol. The molecule has 0 saturated heterocycles. The quantitative estimate of drug-likeness (QED) is 0.769. The largest absolute Gasteiger partial charge is 0.385 e. The van der Waals surface area contributed by atoms with Gasteiger partial charge in [-0.15, -0.1) is 0 Å². The third-order valence-corrected chi connectivity index (χ3v) is 3.36. The number of benzene rings is 1. The number of nitrogens with one attached hydrogen (secondary N) is 1. The second kappa shape index (κ2) is 4.90. The summed E-state index contributed by atoms with van der Waals surface area (Å²) in [5.41, 5.74) is -0.00553. The van der Waals surface area contributed by atoms with Crippen molar-refractivity contribution in [2.45, 2.75) is 25.5 Å². The molecular formula is C14H18F2N2O. The summed E-state index contributed by atoms with van der Waals surface area (Å²) in [6, 6.07) is 2.66. The number of halogens is 2. The lowest BCUT2D eigenvalue weighted by Crippen LogP contribution is -2.28. The van der Waals surface area contributed by atoms with Gasteiger partial charge in [-0.25, -0.2) is 8.78 Å². The number of aliphatic hydroxyl groups is 1. The van der Waals surface area contributed by atoms with Crippen LogP contribution in [-0.2, 0) is 12.1 Å². The zero-order valence-corrected chi connectivity index (χ0v) is 11.3. The Morgan fingerprint density at radius 3 is 2.63 bits per heavy atom. The van der Waals surface area contributed by atoms with E-state index in [2.05, 4.69) is 5.32 Å². The molecular weight excluding hydrogens is 250 g/mol. The van der Waals surface area contributed by atoms with E-state index in [0.717, 1.165) is 6.07 Å². The monoisotopic (exact) mass is 268 g/mol. The number of aromatic nitrogens is 1. The first kappa shape index (κ1) is 14.0. The molecule has 1 aromatic carbocycles. The molecule has 0 radical (unpaired) electrons. The van der Waals surface area contributed by atoms with Crippen molar-refractivity contribution in [3.05, 3.63) is 35.5 Å². The van der Waals surface area contributed by atoms with E-state index in [9.17, 15) is 13.9 Å². The van der Waals surface area contributed by atoms with Crippen LogP contribution in [0.15, 0.2) is 18.3 Å². The minimum Gasteiger partial charge on any atom is -0.385 e. The summed E-state index contributed by atoms with van der Waals surface area (Å²) < 4.78 is 28.8. The van der Waals surface area contributed by atoms with E-state index in [4.69, 9.17) is 0 Å². The van der Waals surface area contributed by atoms with Crippen LogP contribution < -0.4 is 5.32 Å². The van der Waals surface area contributed by atoms with Gasteiger partial charge in [-0.05, 0) is 39.6 Å². The molecule has 0 bridgehead atoms. The Bertz CT molecular complexity index is 605. The summed E-state index contributed by atoms with van der Waals surface area (Å²) in [7, 11) is 3.75. The molecule has 1 aromatic heterocycles. The topological polar surface area (TPSA) is 37.2 Å². The second-order valence-electron chi connectivity index (χ2n) is 5.02. The van der Waals surface area contributed by atoms with Crippen LogP contribution in [0.1, 0.15) is 18.9 Å². The molecule has 104 valence electrons. The summed E-state index contributed by atoms with van der Waals surface area (Å²) in [5.74, 6) is -1.74. The number of hydrogen-bond acceptors (Lipinski definition) is 2. The van der Waals surface area contributed by atoms with Crippen LogP contribution >= 0.6 is 0 Å². The Balaban J connectivity index is 0.000000408. The summed E-state index contributed by atoms with van der Waals surface area (Å²) in [5, 5.41) is 13.2. The van der Waals surface area contributed by atoms with Crippen LogP contribution in [-0.4, -0.2) is 23.8 Å². The third-order valence-electron chi connectivity index (χ3n) is 3.36. The molecule has 0 saturated carbocycles. The maximum Gasteiger partial charge on any atom is 0.168 e. The third kappa shape index (κ3) is 2.24. The van der Waals surface area contributed by atoms with Crippen LogP contribution in [0, 0.1) is 11.6 Å². The fourth-order valence-corrected chi connectivity index (χ4v) is 2.41. The highest BCUT2D eigenvalue weighted by Gasteiger charge is 2.32. The van der Waals surface area contributed by atoms with E-state index in [1.54, 1.807) is 19.2 Å². The normalized spacial score (nSPS) is 21.2. The molecule has 1 atom stereocenters. The van der Waals surface area contributed by atoms with Crippen molar-refractivity contribution in [1.82, 2.24) is 9.88 Å². The maximum absolute atomic E-state index is 13.5. The van der Waals surface area contributed by atoms with Gasteiger partial charge in [0.2, 0.25) is 0 Å². The Hall–Kier alpha value is -1.46. The van der Waals surface area contributed by atoms with Gasteiger partial charge in [0.1, 0.15) is 0 Å². The van der Waals surface area contributed by atoms with E-state index in [1.807, 2.05) is 18.7 Å². The maximum atomic E-state index is 13.5. The van der Waals surface area contributed by atoms with Gasteiger partial charge in [-0.1, -0.05) is 0 Å². The first-order valence-corrected chi connectivity index (χ1v) is 6.20. The number of rotatable bonds is 0. The Labute approximate surface area is 110 Å². The van der Waals surface area contributed by atoms with Gasteiger partial charge in [0, 0.05) is 23.7 Å². The van der Waals surface area contributed by atoms with Crippen molar-refractivity contribution < 1.29 is 13.9 Å². The molecule has 0 spiro atoms. The van der Waals surface area contributed by atoms with Crippen LogP contribution in [0.5, 0.6) is 0 Å². The standard InChI is InChI=1S/C12H11F2NO.C2H7N/c1-12(16)3-5-15-4-2-7-10(14)9(13)6-8(12)11(7)15;1-3-2/h2,4,6,16H,3,5H2,1H3;3H,1-2H3. The molecule has 0 amide bonds. The lowest BCUT2D eigenvalue weighted by atomic mass is 9.88. The zero-order chi connectivity index (χ0) is 14.2. The number of nitrogens with zero attached hydrogens (tertiary/aromatic N) is 1. The zero-order valence-electron chi connectivity index (χ0n) is 11.3. The van der Waals surface area contributed by atoms with Crippen molar-refractivity contribution in [3.8, 4) is 0 Å². The van der Waals surface area contributed by atoms with Crippen molar-refractivity contribution in [1.29, 1.82) is 0 Å². The van der Waals surface area contributed by atoms with Gasteiger partial charge in [-0.3, -0.25) is 0 Å². The van der Waals surface area contributed by atoms with Crippen molar-refractivity contribution in [2.75, 3.05) is 14.1 Å². The van der Waals surface area contributed by atoms with E-state index in [-0.39, 0.29) is 5.39 Å². The van der Waals surface area contributed by atoms with Crippen LogP contribution in [0.25, 0.3) is 10.9 Å². The molecule has 5 heteroatoms. The molecule has 2 aromatic rings. The molecule has 2 heterocycles. The second-order valence-corrected chi connectivity index (χ2v) is 5.02. The molecule has 3 nitrogen and oxygen atoms in total. The molecule has 3 rings (SSSR count). The molecule has 1 unspecified atom stereocenters. The summed E-state index contributed by atoms with van der Waals surface area (Å²) in [6.45, 7) is 2.25. The van der Waals surface area contributed by atoms with Crippen molar-refractivity contribution >= 4 is 10.9 Å². The fourth-order valence-electron chi connectivity index (χ4n) is 2.41. The van der Waals surface area contributed by atoms with Gasteiger partial charge in [0.25, 0.3) is 0 Å². The summed E-state index contributed by atoms with van der Waals surface area (Å²) in [4.78, 5) is 0. The minimum absolute atomic E-state index is 0.245. The first-order valence-electron chi connectivity index (χ1n) is 6.20. The smallest absolute Gasteiger partial charge is 0.168 e. The number of hydrogen-bond donors (Lipinski definition) is 2. The molecule has 1 aliphatic rings. The van der Waals surface area contributed by atoms with Gasteiger partial charge < -0.3 is 15.0 Å². The predicted octanol–water partition coefficient (Wildman–Crippen LogP) is 2.37. The van der Waals surface area contributed by atoms with Gasteiger partial charge >= 0.3 is 0 Å². The highest BCUT2D eigenvalue weighted by atomic mass is 19.2.